The second kappa shape index (κ2) is 27.2. The number of carbonyl (C=O) groups is 10. The summed E-state index contributed by atoms with van der Waals surface area (Å²) in [6, 6.07) is -4.04. The number of carboxylic acid groups (broad SMARTS) is 3. The maximum Gasteiger partial charge on any atom is 0.326 e. The van der Waals surface area contributed by atoms with Gasteiger partial charge in [-0.15, -0.1) is 0 Å². The molecule has 0 unspecified atom stereocenters. The van der Waals surface area contributed by atoms with Crippen LogP contribution in [0, 0.1) is 11.8 Å². The summed E-state index contributed by atoms with van der Waals surface area (Å²) in [5.74, 6) is -10.4. The molecule has 0 aromatic rings. The van der Waals surface area contributed by atoms with E-state index in [1.54, 1.807) is 0 Å². The molecule has 20 nitrogen and oxygen atoms in total. The van der Waals surface area contributed by atoms with Gasteiger partial charge in [-0.3, -0.25) is 38.4 Å². The second-order valence-electron chi connectivity index (χ2n) is 12.9. The Hall–Kier alpha value is -5.40. The number of nitrogens with one attached hydrogen (secondary N) is 5. The molecule has 0 rings (SSSR count). The lowest BCUT2D eigenvalue weighted by Crippen LogP contribution is -2.43. The lowest BCUT2D eigenvalue weighted by Gasteiger charge is -2.19. The minimum Gasteiger partial charge on any atom is -0.511 e. The lowest BCUT2D eigenvalue weighted by molar-refractivity contribution is -0.145. The number of rotatable bonds is 31. The van der Waals surface area contributed by atoms with E-state index in [0.29, 0.717) is 32.2 Å². The Morgan fingerprint density at radius 2 is 1.11 bits per heavy atom. The molecule has 0 aliphatic heterocycles. The normalized spacial score (nSPS) is 13.4. The third kappa shape index (κ3) is 23.1. The highest BCUT2D eigenvalue weighted by Gasteiger charge is 2.27. The molecular weight excluding hydrogens is 730 g/mol. The van der Waals surface area contributed by atoms with Crippen LogP contribution in [-0.4, -0.2) is 122 Å². The van der Waals surface area contributed by atoms with E-state index in [1.165, 1.54) is 0 Å². The highest BCUT2D eigenvalue weighted by atomic mass is 16.4. The van der Waals surface area contributed by atoms with Gasteiger partial charge in [-0.05, 0) is 44.9 Å². The molecule has 0 aliphatic rings. The molecule has 0 saturated carbocycles. The van der Waals surface area contributed by atoms with Gasteiger partial charge >= 0.3 is 17.9 Å². The summed E-state index contributed by atoms with van der Waals surface area (Å²) in [7, 11) is 0. The molecule has 310 valence electrons. The van der Waals surface area contributed by atoms with Crippen LogP contribution in [0.4, 0.5) is 0 Å². The predicted molar refractivity (Wildman–Crippen MR) is 192 cm³/mol. The van der Waals surface area contributed by atoms with Crippen molar-refractivity contribution in [3.63, 3.8) is 0 Å². The Bertz CT molecular complexity index is 1390. The van der Waals surface area contributed by atoms with E-state index in [9.17, 15) is 63.3 Å². The van der Waals surface area contributed by atoms with Crippen LogP contribution in [0.3, 0.4) is 0 Å². The zero-order valence-corrected chi connectivity index (χ0v) is 31.2. The first-order valence-corrected chi connectivity index (χ1v) is 17.9. The highest BCUT2D eigenvalue weighted by molar-refractivity contribution is 5.88. The van der Waals surface area contributed by atoms with Crippen molar-refractivity contribution in [2.75, 3.05) is 19.7 Å². The number of ketones is 2. The Morgan fingerprint density at radius 1 is 0.582 bits per heavy atom. The van der Waals surface area contributed by atoms with Crippen LogP contribution >= 0.6 is 0 Å². The third-order valence-corrected chi connectivity index (χ3v) is 8.47. The smallest absolute Gasteiger partial charge is 0.326 e. The summed E-state index contributed by atoms with van der Waals surface area (Å²) in [4.78, 5) is 119. The van der Waals surface area contributed by atoms with Gasteiger partial charge in [0.05, 0.1) is 18.5 Å². The maximum atomic E-state index is 12.6. The first kappa shape index (κ1) is 49.6. The molecule has 20 heteroatoms. The van der Waals surface area contributed by atoms with E-state index in [4.69, 9.17) is 10.2 Å². The number of aliphatic carboxylic acids is 3. The molecule has 0 radical (unpaired) electrons. The SMILES string of the molecule is C=C(O)[C@H](CCC(=O)N[C@@H](CCC(=O)C[C@@H](CCC(=O)NCC(=O)NCCCC[C@H](CC)C(=O)CO)C(=O)O)C(=O)O)NC(=O)CC[C@H](NC(C)=O)C(=O)O. The fourth-order valence-electron chi connectivity index (χ4n) is 5.26. The van der Waals surface area contributed by atoms with E-state index >= 15 is 0 Å². The molecule has 0 aromatic heterocycles. The monoisotopic (exact) mass is 785 g/mol. The van der Waals surface area contributed by atoms with Crippen LogP contribution in [0.15, 0.2) is 12.3 Å². The quantitative estimate of drug-likeness (QED) is 0.0312. The summed E-state index contributed by atoms with van der Waals surface area (Å²) in [6.45, 7) is 5.70. The van der Waals surface area contributed by atoms with Crippen molar-refractivity contribution >= 4 is 59.0 Å². The number of unbranched alkanes of at least 4 members (excludes halogenated alkanes) is 1. The van der Waals surface area contributed by atoms with Crippen molar-refractivity contribution in [2.45, 2.75) is 115 Å². The Labute approximate surface area is 318 Å². The molecule has 55 heavy (non-hydrogen) atoms. The van der Waals surface area contributed by atoms with Gasteiger partial charge in [0.2, 0.25) is 29.5 Å². The molecule has 0 spiro atoms. The van der Waals surface area contributed by atoms with Crippen molar-refractivity contribution in [3.05, 3.63) is 12.3 Å². The number of carboxylic acids is 3. The average molecular weight is 786 g/mol. The van der Waals surface area contributed by atoms with Crippen molar-refractivity contribution in [3.8, 4) is 0 Å². The maximum absolute atomic E-state index is 12.6. The van der Waals surface area contributed by atoms with Gasteiger partial charge in [0.25, 0.3) is 0 Å². The van der Waals surface area contributed by atoms with Gasteiger partial charge in [0.1, 0.15) is 30.2 Å². The van der Waals surface area contributed by atoms with Gasteiger partial charge in [-0.1, -0.05) is 19.9 Å². The Kier molecular flexibility index (Phi) is 24.6. The van der Waals surface area contributed by atoms with Crippen molar-refractivity contribution in [1.29, 1.82) is 0 Å². The van der Waals surface area contributed by atoms with E-state index in [0.717, 1.165) is 6.92 Å². The predicted octanol–water partition coefficient (Wildman–Crippen LogP) is -0.527. The topological polar surface area (TPSA) is 332 Å². The molecule has 0 aromatic carbocycles. The van der Waals surface area contributed by atoms with Crippen molar-refractivity contribution < 1.29 is 73.5 Å². The zero-order valence-electron chi connectivity index (χ0n) is 31.2. The molecule has 0 aliphatic carbocycles. The molecule has 5 atom stereocenters. The molecule has 5 amide bonds. The lowest BCUT2D eigenvalue weighted by atomic mass is 9.94. The van der Waals surface area contributed by atoms with E-state index in [2.05, 4.69) is 33.2 Å². The number of carbonyl (C=O) groups excluding carboxylic acids is 7. The summed E-state index contributed by atoms with van der Waals surface area (Å²) < 4.78 is 0. The molecule has 0 saturated heterocycles. The molecule has 0 heterocycles. The molecule has 0 bridgehead atoms. The van der Waals surface area contributed by atoms with Crippen LogP contribution in [-0.2, 0) is 47.9 Å². The molecular formula is C35H55N5O15. The largest absolute Gasteiger partial charge is 0.511 e. The van der Waals surface area contributed by atoms with Crippen LogP contribution in [0.25, 0.3) is 0 Å². The van der Waals surface area contributed by atoms with Gasteiger partial charge in [-0.25, -0.2) is 9.59 Å². The Morgan fingerprint density at radius 3 is 1.62 bits per heavy atom. The minimum atomic E-state index is -1.55. The minimum absolute atomic E-state index is 0.228. The fraction of sp³-hybridized carbons (Fsp3) is 0.657. The summed E-state index contributed by atoms with van der Waals surface area (Å²) in [5, 5.41) is 58.9. The number of hydrogen-bond acceptors (Lipinski definition) is 12. The number of aliphatic hydroxyl groups is 2. The number of hydrogen-bond donors (Lipinski definition) is 10. The summed E-state index contributed by atoms with van der Waals surface area (Å²) >= 11 is 0. The fourth-order valence-corrected chi connectivity index (χ4v) is 5.26. The van der Waals surface area contributed by atoms with Crippen LogP contribution in [0.2, 0.25) is 0 Å². The van der Waals surface area contributed by atoms with Gasteiger partial charge in [0, 0.05) is 51.5 Å². The van der Waals surface area contributed by atoms with E-state index in [-0.39, 0.29) is 50.4 Å². The van der Waals surface area contributed by atoms with Crippen LogP contribution < -0.4 is 26.6 Å². The first-order valence-electron chi connectivity index (χ1n) is 17.9. The van der Waals surface area contributed by atoms with E-state index < -0.39 is 115 Å². The molecule has 0 fully saturated rings. The van der Waals surface area contributed by atoms with Crippen LogP contribution in [0.5, 0.6) is 0 Å². The second-order valence-corrected chi connectivity index (χ2v) is 12.9. The summed E-state index contributed by atoms with van der Waals surface area (Å²) in [5.41, 5.74) is 0. The zero-order chi connectivity index (χ0) is 42.1. The van der Waals surface area contributed by atoms with E-state index in [1.807, 2.05) is 6.92 Å². The van der Waals surface area contributed by atoms with Crippen molar-refractivity contribution in [1.82, 2.24) is 26.6 Å². The Balaban J connectivity index is 4.75. The summed E-state index contributed by atoms with van der Waals surface area (Å²) in [6.07, 6.45) is -0.779. The number of Topliss-reactive ketones (excluding diaryl/α,β-unsaturated/α-hetero) is 2. The average Bonchev–Trinajstić information content (AvgIpc) is 3.11. The standard InChI is InChI=1S/C35H55N5O15/c1-4-22(28(45)19-41)7-5-6-16-36-32(49)18-37-29(46)13-8-23(33(50)51)17-24(44)9-10-27(35(54)55)40-31(48)14-11-25(20(2)42)39-30(47)15-12-26(34(52)53)38-21(3)43/h22-23,25-27,41-42H,2,4-19H2,1,3H3,(H,36,49)(H,37,46)(H,38,43)(H,39,47)(H,40,48)(H,50,51)(H,52,53)(H,54,55)/t22-,23+,25-,26-,27-/m0/s1. The van der Waals surface area contributed by atoms with Gasteiger partial charge in [-0.2, -0.15) is 0 Å². The van der Waals surface area contributed by atoms with Crippen molar-refractivity contribution in [2.24, 2.45) is 11.8 Å². The third-order valence-electron chi connectivity index (χ3n) is 8.47. The number of aliphatic hydroxyl groups excluding tert-OH is 2. The number of amides is 5. The highest BCUT2D eigenvalue weighted by Crippen LogP contribution is 2.16. The van der Waals surface area contributed by atoms with Gasteiger partial charge in [0.15, 0.2) is 5.78 Å². The molecule has 10 N–H and O–H groups in total. The van der Waals surface area contributed by atoms with Crippen LogP contribution in [0.1, 0.15) is 97.3 Å². The van der Waals surface area contributed by atoms with Gasteiger partial charge < -0.3 is 52.1 Å². The first-order chi connectivity index (χ1) is 25.8.